The lowest BCUT2D eigenvalue weighted by Crippen LogP contribution is -2.41. The summed E-state index contributed by atoms with van der Waals surface area (Å²) in [5, 5.41) is 0.266. The van der Waals surface area contributed by atoms with E-state index in [2.05, 4.69) is 47.7 Å². The number of carbonyl (C=O) groups excluding carboxylic acids is 1. The van der Waals surface area contributed by atoms with Crippen molar-refractivity contribution in [1.29, 1.82) is 0 Å². The van der Waals surface area contributed by atoms with Crippen LogP contribution in [-0.4, -0.2) is 27.5 Å². The highest BCUT2D eigenvalue weighted by Crippen LogP contribution is 2.37. The number of hydrogen-bond donors (Lipinski definition) is 0. The molecule has 126 valence electrons. The van der Waals surface area contributed by atoms with Gasteiger partial charge in [-0.1, -0.05) is 34.6 Å². The molecule has 0 aromatic heterocycles. The molecule has 0 radical (unpaired) electrons. The van der Waals surface area contributed by atoms with Gasteiger partial charge in [-0.15, -0.1) is 0 Å². The van der Waals surface area contributed by atoms with Crippen LogP contribution < -0.4 is 0 Å². The molecule has 0 N–H and O–H groups in total. The molecule has 0 fully saturated rings. The molecule has 0 unspecified atom stereocenters. The minimum atomic E-state index is -1.64. The summed E-state index contributed by atoms with van der Waals surface area (Å²) >= 11 is 0. The average Bonchev–Trinajstić information content (AvgIpc) is 2.33. The monoisotopic (exact) mass is 316 g/mol. The molecule has 0 heterocycles. The van der Waals surface area contributed by atoms with Crippen LogP contribution in [0.2, 0.25) is 18.1 Å². The zero-order chi connectivity index (χ0) is 16.7. The summed E-state index contributed by atoms with van der Waals surface area (Å²) in [4.78, 5) is 11.4. The molecule has 4 heteroatoms. The van der Waals surface area contributed by atoms with Crippen molar-refractivity contribution in [3.63, 3.8) is 0 Å². The topological polar surface area (TPSA) is 35.5 Å². The predicted molar refractivity (Wildman–Crippen MR) is 92.0 cm³/mol. The second-order valence-corrected chi connectivity index (χ2v) is 12.7. The summed E-state index contributed by atoms with van der Waals surface area (Å²) in [7, 11) is -1.64. The summed E-state index contributed by atoms with van der Waals surface area (Å²) in [6, 6.07) is 0. The molecular formula is C17H36O3Si. The number of carbonyl (C=O) groups is 1. The first kappa shape index (κ1) is 20.6. The minimum absolute atomic E-state index is 0.0745. The molecule has 0 aliphatic heterocycles. The zero-order valence-electron chi connectivity index (χ0n) is 15.4. The summed E-state index contributed by atoms with van der Waals surface area (Å²) in [6.45, 7) is 19.0. The van der Waals surface area contributed by atoms with Crippen LogP contribution >= 0.6 is 0 Å². The maximum absolute atomic E-state index is 11.4. The molecule has 0 spiro atoms. The van der Waals surface area contributed by atoms with E-state index in [1.807, 2.05) is 6.92 Å². The van der Waals surface area contributed by atoms with E-state index in [0.717, 1.165) is 19.4 Å². The summed E-state index contributed by atoms with van der Waals surface area (Å²) in [6.07, 6.45) is 2.54. The van der Waals surface area contributed by atoms with Crippen molar-refractivity contribution in [2.24, 2.45) is 11.8 Å². The van der Waals surface area contributed by atoms with Gasteiger partial charge < -0.3 is 9.16 Å². The SMILES string of the molecule is CCOC(=O)CC[C@@H](C)C[C@@H](C)CO[Si](C)(C)C(C)(C)C. The molecule has 0 amide bonds. The normalized spacial score (nSPS) is 15.6. The first-order valence-corrected chi connectivity index (χ1v) is 11.2. The molecule has 0 aromatic carbocycles. The second-order valence-electron chi connectivity index (χ2n) is 7.86. The average molecular weight is 317 g/mol. The molecular weight excluding hydrogens is 280 g/mol. The molecule has 0 rings (SSSR count). The lowest BCUT2D eigenvalue weighted by molar-refractivity contribution is -0.143. The van der Waals surface area contributed by atoms with Crippen LogP contribution in [0.5, 0.6) is 0 Å². The standard InChI is InChI=1S/C17H36O3Si/c1-9-19-16(18)11-10-14(2)12-15(3)13-20-21(7,8)17(4,5)6/h14-15H,9-13H2,1-8H3/t14-,15-/m1/s1. The summed E-state index contributed by atoms with van der Waals surface area (Å²) in [5.41, 5.74) is 0. The van der Waals surface area contributed by atoms with Crippen molar-refractivity contribution in [2.45, 2.75) is 78.9 Å². The van der Waals surface area contributed by atoms with Crippen LogP contribution in [0.3, 0.4) is 0 Å². The Morgan fingerprint density at radius 3 is 2.19 bits per heavy atom. The molecule has 0 aliphatic carbocycles. The zero-order valence-corrected chi connectivity index (χ0v) is 16.4. The van der Waals surface area contributed by atoms with Gasteiger partial charge >= 0.3 is 5.97 Å². The van der Waals surface area contributed by atoms with E-state index in [9.17, 15) is 4.79 Å². The Morgan fingerprint density at radius 2 is 1.71 bits per heavy atom. The highest BCUT2D eigenvalue weighted by Gasteiger charge is 2.37. The van der Waals surface area contributed by atoms with Gasteiger partial charge in [0.1, 0.15) is 0 Å². The van der Waals surface area contributed by atoms with Crippen LogP contribution in [0.15, 0.2) is 0 Å². The number of esters is 1. The van der Waals surface area contributed by atoms with Crippen molar-refractivity contribution in [2.75, 3.05) is 13.2 Å². The van der Waals surface area contributed by atoms with Gasteiger partial charge in [-0.25, -0.2) is 0 Å². The van der Waals surface area contributed by atoms with Gasteiger partial charge in [-0.05, 0) is 49.7 Å². The molecule has 0 aliphatic rings. The van der Waals surface area contributed by atoms with Crippen molar-refractivity contribution in [3.8, 4) is 0 Å². The van der Waals surface area contributed by atoms with E-state index >= 15 is 0 Å². The molecule has 0 aromatic rings. The first-order valence-electron chi connectivity index (χ1n) is 8.29. The third-order valence-corrected chi connectivity index (χ3v) is 8.99. The summed E-state index contributed by atoms with van der Waals surface area (Å²) < 4.78 is 11.2. The maximum atomic E-state index is 11.4. The quantitative estimate of drug-likeness (QED) is 0.443. The number of rotatable bonds is 9. The predicted octanol–water partition coefficient (Wildman–Crippen LogP) is 5.01. The van der Waals surface area contributed by atoms with Gasteiger partial charge in [-0.3, -0.25) is 4.79 Å². The van der Waals surface area contributed by atoms with Crippen LogP contribution in [0.4, 0.5) is 0 Å². The minimum Gasteiger partial charge on any atom is -0.466 e. The summed E-state index contributed by atoms with van der Waals surface area (Å²) in [5.74, 6) is 0.998. The van der Waals surface area contributed by atoms with Gasteiger partial charge in [0.15, 0.2) is 8.32 Å². The smallest absolute Gasteiger partial charge is 0.305 e. The third-order valence-electron chi connectivity index (χ3n) is 4.49. The molecule has 0 saturated carbocycles. The van der Waals surface area contributed by atoms with Gasteiger partial charge in [0.05, 0.1) is 6.61 Å². The number of ether oxygens (including phenoxy) is 1. The van der Waals surface area contributed by atoms with E-state index in [-0.39, 0.29) is 11.0 Å². The molecule has 21 heavy (non-hydrogen) atoms. The highest BCUT2D eigenvalue weighted by molar-refractivity contribution is 6.74. The van der Waals surface area contributed by atoms with Gasteiger partial charge in [0.2, 0.25) is 0 Å². The Balaban J connectivity index is 4.04. The van der Waals surface area contributed by atoms with Crippen molar-refractivity contribution in [3.05, 3.63) is 0 Å². The van der Waals surface area contributed by atoms with E-state index < -0.39 is 8.32 Å². The van der Waals surface area contributed by atoms with E-state index in [0.29, 0.717) is 24.9 Å². The molecule has 2 atom stereocenters. The van der Waals surface area contributed by atoms with E-state index in [4.69, 9.17) is 9.16 Å². The lowest BCUT2D eigenvalue weighted by atomic mass is 9.94. The van der Waals surface area contributed by atoms with Crippen molar-refractivity contribution < 1.29 is 14.0 Å². The molecule has 3 nitrogen and oxygen atoms in total. The second kappa shape index (κ2) is 8.94. The third kappa shape index (κ3) is 8.62. The van der Waals surface area contributed by atoms with Crippen LogP contribution in [0, 0.1) is 11.8 Å². The fourth-order valence-corrected chi connectivity index (χ4v) is 3.17. The maximum Gasteiger partial charge on any atom is 0.305 e. The first-order chi connectivity index (χ1) is 9.49. The fraction of sp³-hybridized carbons (Fsp3) is 0.941. The van der Waals surface area contributed by atoms with Crippen LogP contribution in [-0.2, 0) is 14.0 Å². The molecule has 0 saturated heterocycles. The van der Waals surface area contributed by atoms with Crippen LogP contribution in [0.25, 0.3) is 0 Å². The number of hydrogen-bond acceptors (Lipinski definition) is 3. The largest absolute Gasteiger partial charge is 0.466 e. The molecule has 0 bridgehead atoms. The Bertz CT molecular complexity index is 308. The Morgan fingerprint density at radius 1 is 1.14 bits per heavy atom. The Hall–Kier alpha value is -0.353. The van der Waals surface area contributed by atoms with Crippen molar-refractivity contribution in [1.82, 2.24) is 0 Å². The fourth-order valence-electron chi connectivity index (χ4n) is 2.04. The Labute approximate surface area is 132 Å². The van der Waals surface area contributed by atoms with E-state index in [1.54, 1.807) is 0 Å². The van der Waals surface area contributed by atoms with Crippen LogP contribution in [0.1, 0.15) is 60.8 Å². The van der Waals surface area contributed by atoms with E-state index in [1.165, 1.54) is 0 Å². The van der Waals surface area contributed by atoms with Gasteiger partial charge in [0, 0.05) is 13.0 Å². The van der Waals surface area contributed by atoms with Gasteiger partial charge in [-0.2, -0.15) is 0 Å². The Kier molecular flexibility index (Phi) is 8.79. The van der Waals surface area contributed by atoms with Crippen molar-refractivity contribution >= 4 is 14.3 Å². The van der Waals surface area contributed by atoms with Gasteiger partial charge in [0.25, 0.3) is 0 Å². The lowest BCUT2D eigenvalue weighted by Gasteiger charge is -2.37. The highest BCUT2D eigenvalue weighted by atomic mass is 28.4.